The molecule has 0 aromatic carbocycles. The number of nitrogens with one attached hydrogen (secondary N) is 1. The lowest BCUT2D eigenvalue weighted by Crippen LogP contribution is -2.33. The summed E-state index contributed by atoms with van der Waals surface area (Å²) in [5.41, 5.74) is -0.315. The summed E-state index contributed by atoms with van der Waals surface area (Å²) in [6.45, 7) is 3.69. The number of carbonyl (C=O) groups is 1. The van der Waals surface area contributed by atoms with Gasteiger partial charge in [0.1, 0.15) is 5.41 Å². The van der Waals surface area contributed by atoms with Crippen LogP contribution in [0, 0.1) is 16.7 Å². The smallest absolute Gasteiger partial charge is 0.244 e. The number of anilines is 1. The summed E-state index contributed by atoms with van der Waals surface area (Å²) in [6.07, 6.45) is 4.20. The Morgan fingerprint density at radius 1 is 1.56 bits per heavy atom. The zero-order valence-electron chi connectivity index (χ0n) is 9.53. The highest BCUT2D eigenvalue weighted by Gasteiger charge is 2.34. The van der Waals surface area contributed by atoms with Gasteiger partial charge in [-0.15, -0.1) is 0 Å². The minimum absolute atomic E-state index is 0.256. The predicted molar refractivity (Wildman–Crippen MR) is 61.5 cm³/mol. The number of hydrogen-bond donors (Lipinski definition) is 1. The fourth-order valence-corrected chi connectivity index (χ4v) is 1.47. The molecule has 0 saturated heterocycles. The molecule has 0 saturated carbocycles. The van der Waals surface area contributed by atoms with Crippen molar-refractivity contribution in [1.82, 2.24) is 4.98 Å². The third kappa shape index (κ3) is 2.37. The van der Waals surface area contributed by atoms with E-state index in [1.165, 1.54) is 0 Å². The molecule has 0 radical (unpaired) electrons. The Bertz CT molecular complexity index is 390. The highest BCUT2D eigenvalue weighted by molar-refractivity contribution is 5.96. The van der Waals surface area contributed by atoms with Crippen LogP contribution in [0.2, 0.25) is 0 Å². The third-order valence-electron chi connectivity index (χ3n) is 2.78. The van der Waals surface area contributed by atoms with Crippen LogP contribution in [0.25, 0.3) is 0 Å². The van der Waals surface area contributed by atoms with E-state index in [1.54, 1.807) is 24.5 Å². The van der Waals surface area contributed by atoms with Crippen molar-refractivity contribution in [1.29, 1.82) is 5.26 Å². The van der Waals surface area contributed by atoms with Crippen LogP contribution >= 0.6 is 0 Å². The molecule has 1 aromatic rings. The quantitative estimate of drug-likeness (QED) is 0.841. The van der Waals surface area contributed by atoms with Gasteiger partial charge in [-0.2, -0.15) is 5.26 Å². The molecule has 1 aromatic heterocycles. The largest absolute Gasteiger partial charge is 0.323 e. The van der Waals surface area contributed by atoms with Gasteiger partial charge in [0.05, 0.1) is 18.0 Å². The molecule has 1 amide bonds. The third-order valence-corrected chi connectivity index (χ3v) is 2.78. The Morgan fingerprint density at radius 3 is 2.69 bits per heavy atom. The first-order valence-corrected chi connectivity index (χ1v) is 5.31. The van der Waals surface area contributed by atoms with E-state index in [0.29, 0.717) is 18.5 Å². The highest BCUT2D eigenvalue weighted by Crippen LogP contribution is 2.26. The molecule has 0 spiro atoms. The van der Waals surface area contributed by atoms with E-state index >= 15 is 0 Å². The molecule has 0 aliphatic rings. The summed E-state index contributed by atoms with van der Waals surface area (Å²) in [7, 11) is 0. The van der Waals surface area contributed by atoms with E-state index in [1.807, 2.05) is 13.8 Å². The van der Waals surface area contributed by atoms with Gasteiger partial charge in [0.25, 0.3) is 0 Å². The topological polar surface area (TPSA) is 65.8 Å². The average Bonchev–Trinajstić information content (AvgIpc) is 2.33. The van der Waals surface area contributed by atoms with Crippen LogP contribution in [-0.4, -0.2) is 10.9 Å². The first-order valence-electron chi connectivity index (χ1n) is 5.31. The molecule has 0 aliphatic carbocycles. The predicted octanol–water partition coefficient (Wildman–Crippen LogP) is 2.35. The van der Waals surface area contributed by atoms with Gasteiger partial charge in [0.2, 0.25) is 5.91 Å². The summed E-state index contributed by atoms with van der Waals surface area (Å²) in [5.74, 6) is -0.256. The van der Waals surface area contributed by atoms with Crippen molar-refractivity contribution in [3.8, 4) is 6.07 Å². The number of nitrogens with zero attached hydrogens (tertiary/aromatic N) is 2. The van der Waals surface area contributed by atoms with Gasteiger partial charge >= 0.3 is 0 Å². The lowest BCUT2D eigenvalue weighted by molar-refractivity contribution is -0.123. The second-order valence-corrected chi connectivity index (χ2v) is 3.60. The second-order valence-electron chi connectivity index (χ2n) is 3.60. The highest BCUT2D eigenvalue weighted by atomic mass is 16.2. The molecule has 0 fully saturated rings. The van der Waals surface area contributed by atoms with E-state index < -0.39 is 5.41 Å². The molecule has 0 bridgehead atoms. The van der Waals surface area contributed by atoms with Crippen LogP contribution in [0.15, 0.2) is 24.5 Å². The Balaban J connectivity index is 2.83. The van der Waals surface area contributed by atoms with Crippen LogP contribution in [0.3, 0.4) is 0 Å². The normalized spacial score (nSPS) is 10.6. The minimum atomic E-state index is -0.935. The number of amides is 1. The zero-order chi connectivity index (χ0) is 12.0. The molecular weight excluding hydrogens is 202 g/mol. The van der Waals surface area contributed by atoms with E-state index in [4.69, 9.17) is 5.26 Å². The maximum absolute atomic E-state index is 12.0. The first-order chi connectivity index (χ1) is 7.68. The van der Waals surface area contributed by atoms with Crippen molar-refractivity contribution in [2.45, 2.75) is 26.7 Å². The SMILES string of the molecule is CCC(C#N)(CC)C(=O)Nc1cccnc1. The number of nitriles is 1. The van der Waals surface area contributed by atoms with E-state index in [9.17, 15) is 4.79 Å². The van der Waals surface area contributed by atoms with Gasteiger partial charge in [-0.05, 0) is 25.0 Å². The van der Waals surface area contributed by atoms with Crippen molar-refractivity contribution in [2.24, 2.45) is 5.41 Å². The molecule has 0 aliphatic heterocycles. The van der Waals surface area contributed by atoms with Gasteiger partial charge in [-0.1, -0.05) is 13.8 Å². The molecule has 4 nitrogen and oxygen atoms in total. The van der Waals surface area contributed by atoms with Crippen molar-refractivity contribution in [3.63, 3.8) is 0 Å². The van der Waals surface area contributed by atoms with Crippen LogP contribution in [0.4, 0.5) is 5.69 Å². The monoisotopic (exact) mass is 217 g/mol. The fourth-order valence-electron chi connectivity index (χ4n) is 1.47. The van der Waals surface area contributed by atoms with Crippen molar-refractivity contribution in [2.75, 3.05) is 5.32 Å². The number of carbonyl (C=O) groups excluding carboxylic acids is 1. The molecule has 84 valence electrons. The van der Waals surface area contributed by atoms with E-state index in [0.717, 1.165) is 0 Å². The Labute approximate surface area is 95.3 Å². The molecule has 16 heavy (non-hydrogen) atoms. The first kappa shape index (κ1) is 12.2. The summed E-state index contributed by atoms with van der Waals surface area (Å²) in [5, 5.41) is 11.8. The average molecular weight is 217 g/mol. The summed E-state index contributed by atoms with van der Waals surface area (Å²) in [6, 6.07) is 5.59. The van der Waals surface area contributed by atoms with Crippen LogP contribution in [0.1, 0.15) is 26.7 Å². The summed E-state index contributed by atoms with van der Waals surface area (Å²) in [4.78, 5) is 15.9. The lowest BCUT2D eigenvalue weighted by Gasteiger charge is -2.21. The molecule has 4 heteroatoms. The number of pyridine rings is 1. The molecule has 0 atom stereocenters. The molecular formula is C12H15N3O. The van der Waals surface area contributed by atoms with E-state index in [-0.39, 0.29) is 5.91 Å². The van der Waals surface area contributed by atoms with Crippen molar-refractivity contribution in [3.05, 3.63) is 24.5 Å². The van der Waals surface area contributed by atoms with Gasteiger partial charge in [0, 0.05) is 6.20 Å². The van der Waals surface area contributed by atoms with E-state index in [2.05, 4.69) is 16.4 Å². The number of rotatable bonds is 4. The van der Waals surface area contributed by atoms with Gasteiger partial charge < -0.3 is 5.32 Å². The van der Waals surface area contributed by atoms with Crippen LogP contribution < -0.4 is 5.32 Å². The Morgan fingerprint density at radius 2 is 2.25 bits per heavy atom. The van der Waals surface area contributed by atoms with Crippen molar-refractivity contribution < 1.29 is 4.79 Å². The number of aromatic nitrogens is 1. The lowest BCUT2D eigenvalue weighted by atomic mass is 9.83. The molecule has 0 unspecified atom stereocenters. The standard InChI is InChI=1S/C12H15N3O/c1-3-12(4-2,9-13)11(16)15-10-6-5-7-14-8-10/h5-8H,3-4H2,1-2H3,(H,15,16). The van der Waals surface area contributed by atoms with Gasteiger partial charge in [0.15, 0.2) is 0 Å². The van der Waals surface area contributed by atoms with Crippen LogP contribution in [0.5, 0.6) is 0 Å². The summed E-state index contributed by atoms with van der Waals surface area (Å²) < 4.78 is 0. The van der Waals surface area contributed by atoms with Gasteiger partial charge in [-0.3, -0.25) is 9.78 Å². The fraction of sp³-hybridized carbons (Fsp3) is 0.417. The second kappa shape index (κ2) is 5.26. The zero-order valence-corrected chi connectivity index (χ0v) is 9.53. The molecule has 1 rings (SSSR count). The number of hydrogen-bond acceptors (Lipinski definition) is 3. The maximum atomic E-state index is 12.0. The van der Waals surface area contributed by atoms with Crippen LogP contribution in [-0.2, 0) is 4.79 Å². The molecule has 1 heterocycles. The van der Waals surface area contributed by atoms with Gasteiger partial charge in [-0.25, -0.2) is 0 Å². The Kier molecular flexibility index (Phi) is 4.01. The Hall–Kier alpha value is -1.89. The van der Waals surface area contributed by atoms with Crippen molar-refractivity contribution >= 4 is 11.6 Å². The minimum Gasteiger partial charge on any atom is -0.323 e. The molecule has 1 N–H and O–H groups in total. The maximum Gasteiger partial charge on any atom is 0.244 e. The summed E-state index contributed by atoms with van der Waals surface area (Å²) >= 11 is 0.